The lowest BCUT2D eigenvalue weighted by molar-refractivity contribution is -0.119. The summed E-state index contributed by atoms with van der Waals surface area (Å²) in [5.74, 6) is -0.599. The minimum Gasteiger partial charge on any atom is -0.489 e. The average Bonchev–Trinajstić information content (AvgIpc) is 3.66. The van der Waals surface area contributed by atoms with Crippen LogP contribution in [0.25, 0.3) is 0 Å². The summed E-state index contributed by atoms with van der Waals surface area (Å²) in [6.45, 7) is -0.262. The Hall–Kier alpha value is -4.13. The molecule has 3 aromatic carbocycles. The molecule has 0 aromatic heterocycles. The molecule has 2 N–H and O–H groups in total. The van der Waals surface area contributed by atoms with E-state index in [1.807, 2.05) is 30.3 Å². The number of benzene rings is 3. The van der Waals surface area contributed by atoms with Gasteiger partial charge in [0.1, 0.15) is 12.4 Å². The van der Waals surface area contributed by atoms with E-state index in [0.29, 0.717) is 28.1 Å². The summed E-state index contributed by atoms with van der Waals surface area (Å²) in [5, 5.41) is 5.56. The van der Waals surface area contributed by atoms with Crippen molar-refractivity contribution in [1.29, 1.82) is 0 Å². The van der Waals surface area contributed by atoms with Gasteiger partial charge in [0, 0.05) is 22.9 Å². The van der Waals surface area contributed by atoms with E-state index in [-0.39, 0.29) is 18.6 Å². The van der Waals surface area contributed by atoms with E-state index in [4.69, 9.17) is 9.47 Å². The van der Waals surface area contributed by atoms with Gasteiger partial charge in [0.05, 0.1) is 5.56 Å². The van der Waals surface area contributed by atoms with E-state index in [0.717, 1.165) is 12.8 Å². The second-order valence-corrected chi connectivity index (χ2v) is 7.71. The number of carbonyl (C=O) groups is 3. The monoisotopic (exact) mass is 444 g/mol. The van der Waals surface area contributed by atoms with E-state index < -0.39 is 18.5 Å². The third-order valence-electron chi connectivity index (χ3n) is 5.03. The maximum atomic E-state index is 12.6. The van der Waals surface area contributed by atoms with Gasteiger partial charge in [-0.2, -0.15) is 0 Å². The summed E-state index contributed by atoms with van der Waals surface area (Å²) in [6.07, 6.45) is 1.99. The van der Waals surface area contributed by atoms with Crippen LogP contribution in [-0.4, -0.2) is 30.4 Å². The van der Waals surface area contributed by atoms with Crippen LogP contribution >= 0.6 is 0 Å². The van der Waals surface area contributed by atoms with Crippen molar-refractivity contribution >= 4 is 23.5 Å². The van der Waals surface area contributed by atoms with Gasteiger partial charge in [0.2, 0.25) is 0 Å². The zero-order chi connectivity index (χ0) is 23.0. The number of nitrogens with one attached hydrogen (secondary N) is 2. The Balaban J connectivity index is 1.31. The molecule has 168 valence electrons. The highest BCUT2D eigenvalue weighted by molar-refractivity contribution is 5.98. The fourth-order valence-electron chi connectivity index (χ4n) is 3.16. The fraction of sp³-hybridized carbons (Fsp3) is 0.192. The topological polar surface area (TPSA) is 93.7 Å². The van der Waals surface area contributed by atoms with Crippen molar-refractivity contribution in [3.8, 4) is 5.75 Å². The van der Waals surface area contributed by atoms with Crippen LogP contribution in [-0.2, 0) is 16.1 Å². The van der Waals surface area contributed by atoms with Gasteiger partial charge in [0.25, 0.3) is 11.8 Å². The number of carbonyl (C=O) groups excluding carboxylic acids is 3. The Morgan fingerprint density at radius 1 is 0.879 bits per heavy atom. The lowest BCUT2D eigenvalue weighted by Crippen LogP contribution is -2.25. The second kappa shape index (κ2) is 10.5. The largest absolute Gasteiger partial charge is 0.489 e. The fourth-order valence-corrected chi connectivity index (χ4v) is 3.16. The molecule has 1 aliphatic rings. The van der Waals surface area contributed by atoms with Crippen LogP contribution in [0.2, 0.25) is 0 Å². The molecule has 2 amide bonds. The lowest BCUT2D eigenvalue weighted by Gasteiger charge is -2.11. The van der Waals surface area contributed by atoms with E-state index >= 15 is 0 Å². The first kappa shape index (κ1) is 22.1. The summed E-state index contributed by atoms with van der Waals surface area (Å²) >= 11 is 0. The summed E-state index contributed by atoms with van der Waals surface area (Å²) in [4.78, 5) is 37.1. The molecule has 33 heavy (non-hydrogen) atoms. The molecular weight excluding hydrogens is 420 g/mol. The molecule has 0 saturated heterocycles. The molecule has 0 heterocycles. The Bertz CT molecular complexity index is 1140. The van der Waals surface area contributed by atoms with Crippen molar-refractivity contribution in [3.63, 3.8) is 0 Å². The standard InChI is InChI=1S/C26H24N2O5/c29-24(27-21-9-6-8-18(15-21)25(30)28-20-13-14-20)17-33-26(31)23-12-5-4-7-19(23)16-32-22-10-2-1-3-11-22/h1-12,15,20H,13-14,16-17H2,(H,27,29)(H,28,30). The minimum atomic E-state index is -0.616. The van der Waals surface area contributed by atoms with E-state index in [9.17, 15) is 14.4 Å². The highest BCUT2D eigenvalue weighted by Crippen LogP contribution is 2.20. The highest BCUT2D eigenvalue weighted by atomic mass is 16.5. The van der Waals surface area contributed by atoms with Crippen LogP contribution < -0.4 is 15.4 Å². The maximum Gasteiger partial charge on any atom is 0.339 e. The van der Waals surface area contributed by atoms with Gasteiger partial charge in [-0.1, -0.05) is 42.5 Å². The van der Waals surface area contributed by atoms with Crippen molar-refractivity contribution in [2.75, 3.05) is 11.9 Å². The summed E-state index contributed by atoms with van der Waals surface area (Å²) < 4.78 is 10.9. The van der Waals surface area contributed by atoms with E-state index in [1.54, 1.807) is 48.5 Å². The van der Waals surface area contributed by atoms with Crippen LogP contribution in [0.15, 0.2) is 78.9 Å². The van der Waals surface area contributed by atoms with Crippen LogP contribution in [0.3, 0.4) is 0 Å². The Morgan fingerprint density at radius 3 is 2.42 bits per heavy atom. The number of para-hydroxylation sites is 1. The van der Waals surface area contributed by atoms with Crippen LogP contribution in [0, 0.1) is 0 Å². The normalized spacial score (nSPS) is 12.5. The number of hydrogen-bond donors (Lipinski definition) is 2. The number of hydrogen-bond acceptors (Lipinski definition) is 5. The summed E-state index contributed by atoms with van der Waals surface area (Å²) in [6, 6.07) is 23.1. The first-order chi connectivity index (χ1) is 16.1. The average molecular weight is 444 g/mol. The first-order valence-corrected chi connectivity index (χ1v) is 10.7. The molecule has 0 aliphatic heterocycles. The van der Waals surface area contributed by atoms with Crippen molar-refractivity contribution in [2.45, 2.75) is 25.5 Å². The van der Waals surface area contributed by atoms with Gasteiger partial charge in [-0.3, -0.25) is 9.59 Å². The molecule has 7 heteroatoms. The predicted octanol–water partition coefficient (Wildman–Crippen LogP) is 3.95. The van der Waals surface area contributed by atoms with Gasteiger partial charge in [-0.05, 0) is 49.2 Å². The summed E-state index contributed by atoms with van der Waals surface area (Å²) in [7, 11) is 0. The van der Waals surface area contributed by atoms with Crippen molar-refractivity contribution in [1.82, 2.24) is 5.32 Å². The molecule has 3 aromatic rings. The molecule has 1 saturated carbocycles. The molecule has 7 nitrogen and oxygen atoms in total. The summed E-state index contributed by atoms with van der Waals surface area (Å²) in [5.41, 5.74) is 1.90. The van der Waals surface area contributed by atoms with E-state index in [2.05, 4.69) is 10.6 Å². The van der Waals surface area contributed by atoms with Gasteiger partial charge >= 0.3 is 5.97 Å². The number of esters is 1. The van der Waals surface area contributed by atoms with Crippen molar-refractivity contribution in [2.24, 2.45) is 0 Å². The molecule has 0 radical (unpaired) electrons. The predicted molar refractivity (Wildman–Crippen MR) is 123 cm³/mol. The molecule has 0 spiro atoms. The van der Waals surface area contributed by atoms with Crippen LogP contribution in [0.4, 0.5) is 5.69 Å². The Labute approximate surface area is 191 Å². The second-order valence-electron chi connectivity index (χ2n) is 7.71. The zero-order valence-electron chi connectivity index (χ0n) is 18.0. The van der Waals surface area contributed by atoms with Crippen molar-refractivity contribution < 1.29 is 23.9 Å². The number of amides is 2. The minimum absolute atomic E-state index is 0.172. The smallest absolute Gasteiger partial charge is 0.339 e. The molecular formula is C26H24N2O5. The third-order valence-corrected chi connectivity index (χ3v) is 5.03. The molecule has 0 bridgehead atoms. The number of anilines is 1. The Kier molecular flexibility index (Phi) is 6.99. The number of rotatable bonds is 9. The molecule has 1 fully saturated rings. The van der Waals surface area contributed by atoms with Gasteiger partial charge < -0.3 is 20.1 Å². The third kappa shape index (κ3) is 6.43. The van der Waals surface area contributed by atoms with E-state index in [1.165, 1.54) is 0 Å². The lowest BCUT2D eigenvalue weighted by atomic mass is 10.1. The molecule has 4 rings (SSSR count). The maximum absolute atomic E-state index is 12.6. The molecule has 1 aliphatic carbocycles. The van der Waals surface area contributed by atoms with Gasteiger partial charge in [-0.25, -0.2) is 4.79 Å². The number of ether oxygens (including phenoxy) is 2. The Morgan fingerprint density at radius 2 is 1.64 bits per heavy atom. The SMILES string of the molecule is O=C(COC(=O)c1ccccc1COc1ccccc1)Nc1cccc(C(=O)NC2CC2)c1. The van der Waals surface area contributed by atoms with Crippen LogP contribution in [0.1, 0.15) is 39.1 Å². The zero-order valence-corrected chi connectivity index (χ0v) is 18.0. The van der Waals surface area contributed by atoms with Crippen LogP contribution in [0.5, 0.6) is 5.75 Å². The van der Waals surface area contributed by atoms with Gasteiger partial charge in [-0.15, -0.1) is 0 Å². The van der Waals surface area contributed by atoms with Gasteiger partial charge in [0.15, 0.2) is 6.61 Å². The quantitative estimate of drug-likeness (QED) is 0.488. The molecule has 0 unspecified atom stereocenters. The molecule has 0 atom stereocenters. The first-order valence-electron chi connectivity index (χ1n) is 10.7. The van der Waals surface area contributed by atoms with Crippen molar-refractivity contribution in [3.05, 3.63) is 95.6 Å². The highest BCUT2D eigenvalue weighted by Gasteiger charge is 2.24.